The molecule has 0 bridgehead atoms. The number of nitro groups is 1. The molecule has 0 saturated carbocycles. The zero-order valence-electron chi connectivity index (χ0n) is 8.15. The van der Waals surface area contributed by atoms with Gasteiger partial charge in [0.05, 0.1) is 4.92 Å². The molecule has 0 aromatic heterocycles. The maximum atomic E-state index is 11.6. The van der Waals surface area contributed by atoms with Crippen molar-refractivity contribution in [2.75, 3.05) is 5.75 Å². The third kappa shape index (κ3) is 1.63. The molecular weight excluding hydrogens is 214 g/mol. The molecule has 0 unspecified atom stereocenters. The van der Waals surface area contributed by atoms with Crippen molar-refractivity contribution in [1.29, 1.82) is 0 Å². The highest BCUT2D eigenvalue weighted by Gasteiger charge is 2.28. The number of hydrogen-bond acceptors (Lipinski definition) is 4. The van der Waals surface area contributed by atoms with Crippen LogP contribution >= 0.6 is 11.8 Å². The number of benzene rings is 1. The fourth-order valence-corrected chi connectivity index (χ4v) is 2.80. The van der Waals surface area contributed by atoms with Gasteiger partial charge in [-0.1, -0.05) is 6.07 Å². The zero-order chi connectivity index (χ0) is 11.0. The van der Waals surface area contributed by atoms with Crippen molar-refractivity contribution in [3.05, 3.63) is 33.4 Å². The lowest BCUT2D eigenvalue weighted by Crippen LogP contribution is -2.12. The number of rotatable bonds is 1. The van der Waals surface area contributed by atoms with Crippen LogP contribution in [0.15, 0.2) is 17.0 Å². The topological polar surface area (TPSA) is 60.2 Å². The summed E-state index contributed by atoms with van der Waals surface area (Å²) < 4.78 is 0. The maximum Gasteiger partial charge on any atom is 0.281 e. The van der Waals surface area contributed by atoms with E-state index in [1.807, 2.05) is 6.92 Å². The fraction of sp³-hybridized carbons (Fsp3) is 0.300. The average molecular weight is 223 g/mol. The van der Waals surface area contributed by atoms with Crippen LogP contribution < -0.4 is 0 Å². The van der Waals surface area contributed by atoms with Crippen LogP contribution in [0.25, 0.3) is 0 Å². The molecule has 1 aliphatic heterocycles. The Balaban J connectivity index is 2.70. The predicted molar refractivity (Wildman–Crippen MR) is 57.5 cm³/mol. The van der Waals surface area contributed by atoms with Crippen LogP contribution in [0.3, 0.4) is 0 Å². The highest BCUT2D eigenvalue weighted by Crippen LogP contribution is 2.37. The lowest BCUT2D eigenvalue weighted by molar-refractivity contribution is -0.385. The van der Waals surface area contributed by atoms with E-state index < -0.39 is 4.92 Å². The van der Waals surface area contributed by atoms with Gasteiger partial charge < -0.3 is 0 Å². The van der Waals surface area contributed by atoms with E-state index in [4.69, 9.17) is 0 Å². The molecular formula is C10H9NO3S. The molecule has 5 heteroatoms. The third-order valence-electron chi connectivity index (χ3n) is 2.38. The Morgan fingerprint density at radius 1 is 1.47 bits per heavy atom. The van der Waals surface area contributed by atoms with Crippen LogP contribution in [0.5, 0.6) is 0 Å². The summed E-state index contributed by atoms with van der Waals surface area (Å²) in [5.41, 5.74) is 1.18. The van der Waals surface area contributed by atoms with E-state index in [1.165, 1.54) is 17.8 Å². The van der Waals surface area contributed by atoms with Crippen LogP contribution in [0.2, 0.25) is 0 Å². The van der Waals surface area contributed by atoms with Crippen molar-refractivity contribution < 1.29 is 9.72 Å². The molecule has 78 valence electrons. The molecule has 1 aromatic rings. The first-order valence-corrected chi connectivity index (χ1v) is 5.54. The molecule has 1 heterocycles. The lowest BCUT2D eigenvalue weighted by atomic mass is 10.0. The second-order valence-electron chi connectivity index (χ2n) is 3.38. The van der Waals surface area contributed by atoms with Gasteiger partial charge in [-0.25, -0.2) is 0 Å². The summed E-state index contributed by atoms with van der Waals surface area (Å²) >= 11 is 1.53. The molecule has 15 heavy (non-hydrogen) atoms. The first kappa shape index (κ1) is 10.2. The van der Waals surface area contributed by atoms with Crippen molar-refractivity contribution in [3.8, 4) is 0 Å². The van der Waals surface area contributed by atoms with Gasteiger partial charge in [-0.15, -0.1) is 11.8 Å². The average Bonchev–Trinajstić information content (AvgIpc) is 2.19. The summed E-state index contributed by atoms with van der Waals surface area (Å²) in [6.45, 7) is 1.87. The van der Waals surface area contributed by atoms with E-state index in [1.54, 1.807) is 6.07 Å². The predicted octanol–water partition coefficient (Wildman–Crippen LogP) is 2.58. The highest BCUT2D eigenvalue weighted by atomic mass is 32.2. The van der Waals surface area contributed by atoms with Gasteiger partial charge in [-0.2, -0.15) is 0 Å². The van der Waals surface area contributed by atoms with Gasteiger partial charge in [0.25, 0.3) is 5.69 Å². The van der Waals surface area contributed by atoms with Crippen LogP contribution in [0.1, 0.15) is 22.3 Å². The van der Waals surface area contributed by atoms with Gasteiger partial charge in [-0.05, 0) is 12.5 Å². The van der Waals surface area contributed by atoms with Gasteiger partial charge in [0, 0.05) is 23.1 Å². The summed E-state index contributed by atoms with van der Waals surface area (Å²) in [7, 11) is 0. The van der Waals surface area contributed by atoms with Crippen LogP contribution in [-0.2, 0) is 0 Å². The SMILES string of the molecule is Cc1ccc([N+](=O)[O-])c2c1SCCC2=O. The van der Waals surface area contributed by atoms with Gasteiger partial charge in [0.1, 0.15) is 5.56 Å². The third-order valence-corrected chi connectivity index (χ3v) is 3.61. The minimum absolute atomic E-state index is 0.0622. The fourth-order valence-electron chi connectivity index (χ4n) is 1.65. The number of Topliss-reactive ketones (excluding diaryl/α,β-unsaturated/α-hetero) is 1. The smallest absolute Gasteiger partial charge is 0.281 e. The number of carbonyl (C=O) groups is 1. The van der Waals surface area contributed by atoms with E-state index >= 15 is 0 Å². The number of nitro benzene ring substituents is 1. The van der Waals surface area contributed by atoms with E-state index in [0.29, 0.717) is 17.7 Å². The van der Waals surface area contributed by atoms with Gasteiger partial charge in [-0.3, -0.25) is 14.9 Å². The lowest BCUT2D eigenvalue weighted by Gasteiger charge is -2.15. The van der Waals surface area contributed by atoms with Crippen molar-refractivity contribution in [2.45, 2.75) is 18.2 Å². The normalized spacial score (nSPS) is 14.9. The van der Waals surface area contributed by atoms with Crippen molar-refractivity contribution >= 4 is 23.2 Å². The van der Waals surface area contributed by atoms with E-state index in [-0.39, 0.29) is 11.5 Å². The highest BCUT2D eigenvalue weighted by molar-refractivity contribution is 7.99. The second kappa shape index (κ2) is 3.66. The summed E-state index contributed by atoms with van der Waals surface area (Å²) in [5.74, 6) is 0.604. The quantitative estimate of drug-likeness (QED) is 0.542. The number of nitrogens with zero attached hydrogens (tertiary/aromatic N) is 1. The molecule has 2 rings (SSSR count). The van der Waals surface area contributed by atoms with E-state index in [9.17, 15) is 14.9 Å². The van der Waals surface area contributed by atoms with Gasteiger partial charge in [0.2, 0.25) is 0 Å². The molecule has 4 nitrogen and oxygen atoms in total. The van der Waals surface area contributed by atoms with Crippen molar-refractivity contribution in [3.63, 3.8) is 0 Å². The second-order valence-corrected chi connectivity index (χ2v) is 4.49. The summed E-state index contributed by atoms with van der Waals surface area (Å²) in [6.07, 6.45) is 0.391. The Morgan fingerprint density at radius 2 is 2.20 bits per heavy atom. The van der Waals surface area contributed by atoms with Crippen molar-refractivity contribution in [1.82, 2.24) is 0 Å². The Labute approximate surface area is 90.8 Å². The monoisotopic (exact) mass is 223 g/mol. The van der Waals surface area contributed by atoms with Gasteiger partial charge in [0.15, 0.2) is 5.78 Å². The molecule has 0 spiro atoms. The Morgan fingerprint density at radius 3 is 2.87 bits per heavy atom. The standard InChI is InChI=1S/C10H9NO3S/c1-6-2-3-7(11(13)14)9-8(12)4-5-15-10(6)9/h2-3H,4-5H2,1H3. The number of hydrogen-bond donors (Lipinski definition) is 0. The first-order chi connectivity index (χ1) is 7.11. The van der Waals surface area contributed by atoms with Crippen LogP contribution in [0, 0.1) is 17.0 Å². The van der Waals surface area contributed by atoms with E-state index in [0.717, 1.165) is 10.5 Å². The van der Waals surface area contributed by atoms with Crippen LogP contribution in [-0.4, -0.2) is 16.5 Å². The number of thioether (sulfide) groups is 1. The number of aryl methyl sites for hydroxylation is 1. The largest absolute Gasteiger partial charge is 0.294 e. The van der Waals surface area contributed by atoms with Gasteiger partial charge >= 0.3 is 0 Å². The number of fused-ring (bicyclic) bond motifs is 1. The van der Waals surface area contributed by atoms with Crippen molar-refractivity contribution in [2.24, 2.45) is 0 Å². The minimum Gasteiger partial charge on any atom is -0.294 e. The number of ketones is 1. The molecule has 0 amide bonds. The molecule has 0 saturated heterocycles. The molecule has 0 aliphatic carbocycles. The molecule has 1 aliphatic rings. The van der Waals surface area contributed by atoms with E-state index in [2.05, 4.69) is 0 Å². The Bertz CT molecular complexity index is 456. The minimum atomic E-state index is -0.484. The molecule has 0 atom stereocenters. The molecule has 1 aromatic carbocycles. The maximum absolute atomic E-state index is 11.6. The Kier molecular flexibility index (Phi) is 2.48. The first-order valence-electron chi connectivity index (χ1n) is 4.55. The number of carbonyl (C=O) groups excluding carboxylic acids is 1. The Hall–Kier alpha value is -1.36. The summed E-state index contributed by atoms with van der Waals surface area (Å²) in [4.78, 5) is 22.7. The summed E-state index contributed by atoms with van der Waals surface area (Å²) in [5, 5.41) is 10.8. The van der Waals surface area contributed by atoms with Crippen LogP contribution in [0.4, 0.5) is 5.69 Å². The molecule has 0 radical (unpaired) electrons. The molecule has 0 fully saturated rings. The molecule has 0 N–H and O–H groups in total. The zero-order valence-corrected chi connectivity index (χ0v) is 8.97. The summed E-state index contributed by atoms with van der Waals surface area (Å²) in [6, 6.07) is 3.11.